The highest BCUT2D eigenvalue weighted by atomic mass is 19.1. The normalized spacial score (nSPS) is 18.3. The van der Waals surface area contributed by atoms with Crippen LogP contribution in [0.1, 0.15) is 35.4 Å². The fourth-order valence-electron chi connectivity index (χ4n) is 4.20. The van der Waals surface area contributed by atoms with Gasteiger partial charge in [0.2, 0.25) is 11.8 Å². The smallest absolute Gasteiger partial charge is 0.270 e. The zero-order valence-electron chi connectivity index (χ0n) is 19.1. The minimum atomic E-state index is -0.879. The van der Waals surface area contributed by atoms with Gasteiger partial charge in [-0.3, -0.25) is 14.4 Å². The lowest BCUT2D eigenvalue weighted by molar-refractivity contribution is -0.138. The molecular formula is C25H26FN5O4. The van der Waals surface area contributed by atoms with Crippen LogP contribution in [0.3, 0.4) is 0 Å². The van der Waals surface area contributed by atoms with E-state index in [0.29, 0.717) is 16.6 Å². The number of fused-ring (bicyclic) bond motifs is 1. The molecule has 0 unspecified atom stereocenters. The third-order valence-electron chi connectivity index (χ3n) is 6.01. The molecule has 0 bridgehead atoms. The van der Waals surface area contributed by atoms with E-state index in [1.165, 1.54) is 29.2 Å². The number of nitrogens with zero attached hydrogens (tertiary/aromatic N) is 2. The van der Waals surface area contributed by atoms with E-state index < -0.39 is 41.7 Å². The summed E-state index contributed by atoms with van der Waals surface area (Å²) in [6.07, 6.45) is -0.768. The van der Waals surface area contributed by atoms with Crippen molar-refractivity contribution in [2.24, 2.45) is 0 Å². The molecule has 1 aromatic heterocycles. The Morgan fingerprint density at radius 1 is 1.20 bits per heavy atom. The van der Waals surface area contributed by atoms with Crippen LogP contribution in [0.25, 0.3) is 10.9 Å². The number of aliphatic hydroxyl groups excluding tert-OH is 1. The van der Waals surface area contributed by atoms with Gasteiger partial charge in [-0.15, -0.1) is 0 Å². The van der Waals surface area contributed by atoms with Crippen LogP contribution in [0.15, 0.2) is 54.6 Å². The number of para-hydroxylation sites is 1. The number of pyridine rings is 1. The number of hydrogen-bond acceptors (Lipinski definition) is 6. The van der Waals surface area contributed by atoms with Gasteiger partial charge >= 0.3 is 0 Å². The molecule has 1 fully saturated rings. The number of halogens is 1. The van der Waals surface area contributed by atoms with Crippen molar-refractivity contribution >= 4 is 34.3 Å². The van der Waals surface area contributed by atoms with E-state index in [2.05, 4.69) is 15.6 Å². The van der Waals surface area contributed by atoms with Crippen LogP contribution in [0, 0.1) is 5.82 Å². The molecule has 35 heavy (non-hydrogen) atoms. The summed E-state index contributed by atoms with van der Waals surface area (Å²) in [7, 11) is 0. The molecular weight excluding hydrogens is 453 g/mol. The number of likely N-dealkylation sites (tertiary alicyclic amines) is 1. The number of aromatic nitrogens is 1. The highest BCUT2D eigenvalue weighted by Crippen LogP contribution is 2.23. The summed E-state index contributed by atoms with van der Waals surface area (Å²) < 4.78 is 13.3. The van der Waals surface area contributed by atoms with Crippen LogP contribution in [-0.4, -0.2) is 57.9 Å². The second kappa shape index (κ2) is 10.1. The maximum absolute atomic E-state index is 13.3. The predicted molar refractivity (Wildman–Crippen MR) is 128 cm³/mol. The summed E-state index contributed by atoms with van der Waals surface area (Å²) in [4.78, 5) is 43.8. The van der Waals surface area contributed by atoms with Gasteiger partial charge in [-0.2, -0.15) is 0 Å². The Balaban J connectivity index is 1.38. The molecule has 4 rings (SSSR count). The van der Waals surface area contributed by atoms with Crippen LogP contribution < -0.4 is 16.4 Å². The molecule has 3 amide bonds. The van der Waals surface area contributed by atoms with E-state index in [1.807, 2.05) is 6.07 Å². The van der Waals surface area contributed by atoms with E-state index in [0.717, 1.165) is 5.56 Å². The monoisotopic (exact) mass is 479 g/mol. The Bertz CT molecular complexity index is 1280. The zero-order chi connectivity index (χ0) is 25.1. The number of benzene rings is 2. The van der Waals surface area contributed by atoms with Gasteiger partial charge in [-0.1, -0.05) is 24.3 Å². The minimum absolute atomic E-state index is 0.0194. The highest BCUT2D eigenvalue weighted by Gasteiger charge is 2.39. The lowest BCUT2D eigenvalue weighted by Crippen LogP contribution is -2.49. The number of carbonyl (C=O) groups is 3. The van der Waals surface area contributed by atoms with Crippen LogP contribution >= 0.6 is 0 Å². The molecule has 0 spiro atoms. The SMILES string of the molecule is C[C@@H](NC(=O)[C@@H]1C[C@H](O)CN1C(=O)CNC(=O)c1ccc2cc(F)ccc2n1)c1ccccc1N. The third-order valence-corrected chi connectivity index (χ3v) is 6.01. The number of nitrogen functional groups attached to an aromatic ring is 1. The van der Waals surface area contributed by atoms with E-state index >= 15 is 0 Å². The number of β-amino-alcohol motifs (C(OH)–C–C–N with tert-alkyl or cyclic N) is 1. The van der Waals surface area contributed by atoms with Crippen molar-refractivity contribution in [3.63, 3.8) is 0 Å². The average Bonchev–Trinajstić information content (AvgIpc) is 3.24. The van der Waals surface area contributed by atoms with Gasteiger partial charge in [-0.05, 0) is 42.8 Å². The van der Waals surface area contributed by atoms with Gasteiger partial charge < -0.3 is 26.4 Å². The largest absolute Gasteiger partial charge is 0.398 e. The summed E-state index contributed by atoms with van der Waals surface area (Å²) in [5.74, 6) is -1.92. The average molecular weight is 480 g/mol. The summed E-state index contributed by atoms with van der Waals surface area (Å²) in [6, 6.07) is 12.9. The molecule has 5 N–H and O–H groups in total. The summed E-state index contributed by atoms with van der Waals surface area (Å²) >= 11 is 0. The number of anilines is 1. The molecule has 0 radical (unpaired) electrons. The van der Waals surface area contributed by atoms with E-state index in [4.69, 9.17) is 5.73 Å². The van der Waals surface area contributed by atoms with Crippen molar-refractivity contribution < 1.29 is 23.9 Å². The van der Waals surface area contributed by atoms with Crippen molar-refractivity contribution in [2.45, 2.75) is 31.5 Å². The van der Waals surface area contributed by atoms with Crippen molar-refractivity contribution in [1.82, 2.24) is 20.5 Å². The first kappa shape index (κ1) is 24.1. The molecule has 0 aliphatic carbocycles. The lowest BCUT2D eigenvalue weighted by Gasteiger charge is -2.26. The van der Waals surface area contributed by atoms with Gasteiger partial charge in [0.1, 0.15) is 17.6 Å². The molecule has 182 valence electrons. The summed E-state index contributed by atoms with van der Waals surface area (Å²) in [5, 5.41) is 16.0. The number of rotatable bonds is 6. The van der Waals surface area contributed by atoms with Crippen molar-refractivity contribution in [2.75, 3.05) is 18.8 Å². The van der Waals surface area contributed by atoms with E-state index in [1.54, 1.807) is 31.2 Å². The topological polar surface area (TPSA) is 138 Å². The molecule has 1 aliphatic heterocycles. The molecule has 1 aliphatic rings. The Labute approximate surface area is 201 Å². The predicted octanol–water partition coefficient (Wildman–Crippen LogP) is 1.53. The van der Waals surface area contributed by atoms with Crippen LogP contribution in [-0.2, 0) is 9.59 Å². The second-order valence-electron chi connectivity index (χ2n) is 8.53. The van der Waals surface area contributed by atoms with Crippen LogP contribution in [0.2, 0.25) is 0 Å². The van der Waals surface area contributed by atoms with Gasteiger partial charge in [0.15, 0.2) is 0 Å². The molecule has 3 atom stereocenters. The molecule has 9 nitrogen and oxygen atoms in total. The summed E-state index contributed by atoms with van der Waals surface area (Å²) in [5.41, 5.74) is 7.78. The van der Waals surface area contributed by atoms with Crippen molar-refractivity contribution in [3.8, 4) is 0 Å². The van der Waals surface area contributed by atoms with Gasteiger partial charge in [-0.25, -0.2) is 9.37 Å². The molecule has 1 saturated heterocycles. The number of nitrogens with one attached hydrogen (secondary N) is 2. The fraction of sp³-hybridized carbons (Fsp3) is 0.280. The zero-order valence-corrected chi connectivity index (χ0v) is 19.1. The van der Waals surface area contributed by atoms with E-state index in [9.17, 15) is 23.9 Å². The Morgan fingerprint density at radius 3 is 2.74 bits per heavy atom. The van der Waals surface area contributed by atoms with Crippen LogP contribution in [0.4, 0.5) is 10.1 Å². The van der Waals surface area contributed by atoms with Gasteiger partial charge in [0, 0.05) is 24.0 Å². The highest BCUT2D eigenvalue weighted by molar-refractivity contribution is 5.97. The maximum Gasteiger partial charge on any atom is 0.270 e. The maximum atomic E-state index is 13.3. The third kappa shape index (κ3) is 5.38. The fourth-order valence-corrected chi connectivity index (χ4v) is 4.20. The molecule has 10 heteroatoms. The lowest BCUT2D eigenvalue weighted by atomic mass is 10.1. The Morgan fingerprint density at radius 2 is 1.97 bits per heavy atom. The minimum Gasteiger partial charge on any atom is -0.398 e. The molecule has 2 heterocycles. The Hall–Kier alpha value is -4.05. The summed E-state index contributed by atoms with van der Waals surface area (Å²) in [6.45, 7) is 1.39. The number of carbonyl (C=O) groups excluding carboxylic acids is 3. The number of aliphatic hydroxyl groups is 1. The number of amides is 3. The molecule has 3 aromatic rings. The first-order valence-corrected chi connectivity index (χ1v) is 11.2. The van der Waals surface area contributed by atoms with Gasteiger partial charge in [0.05, 0.1) is 24.2 Å². The molecule has 2 aromatic carbocycles. The first-order chi connectivity index (χ1) is 16.7. The molecule has 0 saturated carbocycles. The first-order valence-electron chi connectivity index (χ1n) is 11.2. The van der Waals surface area contributed by atoms with Crippen molar-refractivity contribution in [3.05, 3.63) is 71.7 Å². The van der Waals surface area contributed by atoms with Crippen molar-refractivity contribution in [1.29, 1.82) is 0 Å². The quantitative estimate of drug-likeness (QED) is 0.396. The second-order valence-corrected chi connectivity index (χ2v) is 8.53. The number of hydrogen-bond donors (Lipinski definition) is 4. The van der Waals surface area contributed by atoms with Gasteiger partial charge in [0.25, 0.3) is 5.91 Å². The van der Waals surface area contributed by atoms with Crippen LogP contribution in [0.5, 0.6) is 0 Å². The number of nitrogens with two attached hydrogens (primary N) is 1. The Kier molecular flexibility index (Phi) is 6.92. The van der Waals surface area contributed by atoms with E-state index in [-0.39, 0.29) is 25.2 Å². The standard InChI is InChI=1S/C25H26FN5O4/c1-14(18-4-2-3-5-19(18)27)29-25(35)22-11-17(32)13-31(22)23(33)12-28-24(34)21-8-6-15-10-16(26)7-9-20(15)30-21/h2-10,14,17,22,32H,11-13,27H2,1H3,(H,28,34)(H,29,35)/t14-,17+,22+/m1/s1.